The molecule has 2 N–H and O–H groups in total. The number of carboxylic acids is 1. The van der Waals surface area contributed by atoms with E-state index in [0.717, 1.165) is 25.9 Å². The summed E-state index contributed by atoms with van der Waals surface area (Å²) >= 11 is 0. The summed E-state index contributed by atoms with van der Waals surface area (Å²) < 4.78 is 0. The molecule has 0 aromatic heterocycles. The predicted octanol–water partition coefficient (Wildman–Crippen LogP) is 0.945. The van der Waals surface area contributed by atoms with Crippen molar-refractivity contribution in [2.45, 2.75) is 33.1 Å². The highest BCUT2D eigenvalue weighted by Crippen LogP contribution is 2.21. The van der Waals surface area contributed by atoms with Crippen LogP contribution in [-0.2, 0) is 9.59 Å². The molecule has 1 fully saturated rings. The van der Waals surface area contributed by atoms with Crippen LogP contribution in [0.3, 0.4) is 0 Å². The molecule has 5 nitrogen and oxygen atoms in total. The third-order valence-corrected chi connectivity index (χ3v) is 3.48. The zero-order valence-corrected chi connectivity index (χ0v) is 11.5. The lowest BCUT2D eigenvalue weighted by molar-refractivity contribution is -0.144. The highest BCUT2D eigenvalue weighted by atomic mass is 16.4. The van der Waals surface area contributed by atoms with Gasteiger partial charge in [0.05, 0.1) is 11.8 Å². The van der Waals surface area contributed by atoms with Gasteiger partial charge < -0.3 is 15.3 Å². The van der Waals surface area contributed by atoms with Crippen molar-refractivity contribution < 1.29 is 14.7 Å². The fourth-order valence-corrected chi connectivity index (χ4v) is 2.37. The Labute approximate surface area is 109 Å². The van der Waals surface area contributed by atoms with Crippen molar-refractivity contribution >= 4 is 11.9 Å². The molecule has 0 spiro atoms. The molecular weight excluding hydrogens is 232 g/mol. The molecule has 0 aromatic carbocycles. The fraction of sp³-hybridized carbons (Fsp3) is 0.846. The molecule has 1 unspecified atom stereocenters. The number of rotatable bonds is 5. The standard InChI is InChI=1S/C13H24N2O3/c1-13(2,7-11(16)17)12(18)14-8-10-5-4-6-15(3)9-10/h10H,4-9H2,1-3H3,(H,14,18)(H,16,17). The molecule has 1 saturated heterocycles. The van der Waals surface area contributed by atoms with Crippen LogP contribution in [0.25, 0.3) is 0 Å². The number of carbonyl (C=O) groups is 2. The van der Waals surface area contributed by atoms with Crippen molar-refractivity contribution in [1.82, 2.24) is 10.2 Å². The van der Waals surface area contributed by atoms with E-state index in [-0.39, 0.29) is 12.3 Å². The summed E-state index contributed by atoms with van der Waals surface area (Å²) in [5.41, 5.74) is -0.841. The van der Waals surface area contributed by atoms with Gasteiger partial charge in [-0.05, 0) is 32.4 Å². The largest absolute Gasteiger partial charge is 0.481 e. The van der Waals surface area contributed by atoms with Crippen LogP contribution in [0.2, 0.25) is 0 Å². The molecule has 1 heterocycles. The van der Waals surface area contributed by atoms with E-state index in [0.29, 0.717) is 12.5 Å². The normalized spacial score (nSPS) is 21.6. The first-order chi connectivity index (χ1) is 8.31. The molecule has 0 saturated carbocycles. The smallest absolute Gasteiger partial charge is 0.304 e. The molecule has 5 heteroatoms. The summed E-state index contributed by atoms with van der Waals surface area (Å²) in [7, 11) is 2.09. The van der Waals surface area contributed by atoms with Crippen molar-refractivity contribution in [3.63, 3.8) is 0 Å². The Bertz CT molecular complexity index is 315. The van der Waals surface area contributed by atoms with Crippen LogP contribution in [-0.4, -0.2) is 48.6 Å². The fourth-order valence-electron chi connectivity index (χ4n) is 2.37. The van der Waals surface area contributed by atoms with Crippen LogP contribution in [0.5, 0.6) is 0 Å². The van der Waals surface area contributed by atoms with Crippen LogP contribution in [0, 0.1) is 11.3 Å². The zero-order valence-electron chi connectivity index (χ0n) is 11.5. The molecule has 0 aliphatic carbocycles. The van der Waals surface area contributed by atoms with Gasteiger partial charge in [0.1, 0.15) is 0 Å². The molecule has 1 amide bonds. The number of hydrogen-bond donors (Lipinski definition) is 2. The maximum absolute atomic E-state index is 11.9. The summed E-state index contributed by atoms with van der Waals surface area (Å²) in [6.45, 7) is 6.10. The van der Waals surface area contributed by atoms with E-state index in [1.165, 1.54) is 0 Å². The third kappa shape index (κ3) is 4.64. The summed E-state index contributed by atoms with van der Waals surface area (Å²) in [4.78, 5) is 24.9. The lowest BCUT2D eigenvalue weighted by atomic mass is 9.88. The molecule has 1 aliphatic heterocycles. The first-order valence-corrected chi connectivity index (χ1v) is 6.50. The van der Waals surface area contributed by atoms with E-state index in [4.69, 9.17) is 5.11 Å². The minimum absolute atomic E-state index is 0.136. The van der Waals surface area contributed by atoms with Gasteiger partial charge in [0.15, 0.2) is 0 Å². The van der Waals surface area contributed by atoms with E-state index in [1.807, 2.05) is 0 Å². The quantitative estimate of drug-likeness (QED) is 0.768. The molecule has 104 valence electrons. The van der Waals surface area contributed by atoms with Crippen molar-refractivity contribution in [3.05, 3.63) is 0 Å². The molecule has 0 bridgehead atoms. The van der Waals surface area contributed by atoms with Gasteiger partial charge in [-0.15, -0.1) is 0 Å². The Morgan fingerprint density at radius 1 is 1.44 bits per heavy atom. The average molecular weight is 256 g/mol. The first-order valence-electron chi connectivity index (χ1n) is 6.50. The van der Waals surface area contributed by atoms with Gasteiger partial charge in [0.25, 0.3) is 0 Å². The van der Waals surface area contributed by atoms with Gasteiger partial charge in [-0.25, -0.2) is 0 Å². The average Bonchev–Trinajstić information content (AvgIpc) is 2.24. The molecule has 0 radical (unpaired) electrons. The van der Waals surface area contributed by atoms with E-state index < -0.39 is 11.4 Å². The van der Waals surface area contributed by atoms with Crippen LogP contribution < -0.4 is 5.32 Å². The third-order valence-electron chi connectivity index (χ3n) is 3.48. The van der Waals surface area contributed by atoms with Gasteiger partial charge in [-0.3, -0.25) is 9.59 Å². The number of hydrogen-bond acceptors (Lipinski definition) is 3. The van der Waals surface area contributed by atoms with Crippen LogP contribution in [0.15, 0.2) is 0 Å². The number of carbonyl (C=O) groups excluding carboxylic acids is 1. The molecule has 0 aromatic rings. The lowest BCUT2D eigenvalue weighted by Gasteiger charge is -2.30. The number of piperidine rings is 1. The minimum atomic E-state index is -0.937. The first kappa shape index (κ1) is 15.0. The van der Waals surface area contributed by atoms with Crippen molar-refractivity contribution in [2.75, 3.05) is 26.7 Å². The summed E-state index contributed by atoms with van der Waals surface area (Å²) in [6.07, 6.45) is 2.16. The maximum atomic E-state index is 11.9. The van der Waals surface area contributed by atoms with E-state index in [2.05, 4.69) is 17.3 Å². The zero-order chi connectivity index (χ0) is 13.8. The summed E-state index contributed by atoms with van der Waals surface area (Å²) in [6, 6.07) is 0. The highest BCUT2D eigenvalue weighted by Gasteiger charge is 2.30. The predicted molar refractivity (Wildman–Crippen MR) is 69.3 cm³/mol. The second-order valence-corrected chi connectivity index (χ2v) is 5.93. The van der Waals surface area contributed by atoms with E-state index in [1.54, 1.807) is 13.8 Å². The topological polar surface area (TPSA) is 69.6 Å². The van der Waals surface area contributed by atoms with Crippen LogP contribution >= 0.6 is 0 Å². The molecule has 1 aliphatic rings. The van der Waals surface area contributed by atoms with Gasteiger partial charge in [-0.2, -0.15) is 0 Å². The Morgan fingerprint density at radius 3 is 2.67 bits per heavy atom. The number of carboxylic acid groups (broad SMARTS) is 1. The lowest BCUT2D eigenvalue weighted by Crippen LogP contribution is -2.43. The van der Waals surface area contributed by atoms with Crippen LogP contribution in [0.4, 0.5) is 0 Å². The number of aliphatic carboxylic acids is 1. The number of amides is 1. The van der Waals surface area contributed by atoms with Gasteiger partial charge in [-0.1, -0.05) is 13.8 Å². The molecule has 1 rings (SSSR count). The van der Waals surface area contributed by atoms with E-state index in [9.17, 15) is 9.59 Å². The second-order valence-electron chi connectivity index (χ2n) is 5.93. The van der Waals surface area contributed by atoms with Crippen LogP contribution in [0.1, 0.15) is 33.1 Å². The molecular formula is C13H24N2O3. The Morgan fingerprint density at radius 2 is 2.11 bits per heavy atom. The Balaban J connectivity index is 2.38. The number of nitrogens with zero attached hydrogens (tertiary/aromatic N) is 1. The second kappa shape index (κ2) is 6.18. The van der Waals surface area contributed by atoms with Gasteiger partial charge in [0, 0.05) is 13.1 Å². The maximum Gasteiger partial charge on any atom is 0.304 e. The number of likely N-dealkylation sites (tertiary alicyclic amines) is 1. The molecule has 1 atom stereocenters. The number of nitrogens with one attached hydrogen (secondary N) is 1. The molecule has 18 heavy (non-hydrogen) atoms. The highest BCUT2D eigenvalue weighted by molar-refractivity contribution is 5.86. The van der Waals surface area contributed by atoms with Crippen molar-refractivity contribution in [1.29, 1.82) is 0 Å². The minimum Gasteiger partial charge on any atom is -0.481 e. The van der Waals surface area contributed by atoms with E-state index >= 15 is 0 Å². The summed E-state index contributed by atoms with van der Waals surface area (Å²) in [5.74, 6) is -0.626. The van der Waals surface area contributed by atoms with Crippen molar-refractivity contribution in [2.24, 2.45) is 11.3 Å². The van der Waals surface area contributed by atoms with Gasteiger partial charge in [0.2, 0.25) is 5.91 Å². The SMILES string of the molecule is CN1CCCC(CNC(=O)C(C)(C)CC(=O)O)C1. The monoisotopic (exact) mass is 256 g/mol. The summed E-state index contributed by atoms with van der Waals surface area (Å²) in [5, 5.41) is 11.7. The van der Waals surface area contributed by atoms with Gasteiger partial charge >= 0.3 is 5.97 Å². The van der Waals surface area contributed by atoms with Crippen molar-refractivity contribution in [3.8, 4) is 0 Å². The Kier molecular flexibility index (Phi) is 5.14. The Hall–Kier alpha value is -1.10.